The summed E-state index contributed by atoms with van der Waals surface area (Å²) in [6.45, 7) is 1.13. The Bertz CT molecular complexity index is 245. The summed E-state index contributed by atoms with van der Waals surface area (Å²) >= 11 is 2.39. The van der Waals surface area contributed by atoms with E-state index < -0.39 is 0 Å². The molecule has 0 spiro atoms. The normalized spacial score (nSPS) is 10.7. The maximum atomic E-state index is 2.39. The fourth-order valence-electron chi connectivity index (χ4n) is 1.05. The topological polar surface area (TPSA) is 3.24 Å². The van der Waals surface area contributed by atoms with Gasteiger partial charge in [-0.05, 0) is 54.7 Å². The second-order valence-corrected chi connectivity index (χ2v) is 4.31. The van der Waals surface area contributed by atoms with E-state index in [1.165, 1.54) is 9.13 Å². The summed E-state index contributed by atoms with van der Waals surface area (Å²) in [5, 5.41) is 0. The Balaban J connectivity index is 2.57. The van der Waals surface area contributed by atoms with Crippen LogP contribution in [-0.4, -0.2) is 25.5 Å². The average molecular weight is 279 g/mol. The molecule has 0 unspecified atom stereocenters. The lowest BCUT2D eigenvalue weighted by Gasteiger charge is -2.09. The standard InChI is InChI=1S/C10H14IN/c1-12(2)8-7-9-5-3-4-6-10(9)11/h3-6H,7-8H2,1-2H3/i11+4. The number of hydrogen-bond acceptors (Lipinski definition) is 1. The van der Waals surface area contributed by atoms with Crippen molar-refractivity contribution in [3.8, 4) is 0 Å². The Hall–Kier alpha value is -0.0900. The van der Waals surface area contributed by atoms with Gasteiger partial charge in [0.15, 0.2) is 0 Å². The number of rotatable bonds is 3. The molecular formula is C10H14IN. The molecule has 0 heterocycles. The van der Waals surface area contributed by atoms with Crippen LogP contribution < -0.4 is 0 Å². The van der Waals surface area contributed by atoms with Crippen LogP contribution in [0.25, 0.3) is 0 Å². The molecule has 1 aromatic carbocycles. The molecule has 0 saturated heterocycles. The van der Waals surface area contributed by atoms with Gasteiger partial charge in [-0.15, -0.1) is 0 Å². The minimum Gasteiger partial charge on any atom is -0.309 e. The molecule has 0 aliphatic rings. The largest absolute Gasteiger partial charge is 0.309 e. The van der Waals surface area contributed by atoms with Crippen LogP contribution in [0.15, 0.2) is 24.3 Å². The lowest BCUT2D eigenvalue weighted by molar-refractivity contribution is 0.413. The van der Waals surface area contributed by atoms with E-state index in [0.717, 1.165) is 13.0 Å². The summed E-state index contributed by atoms with van der Waals surface area (Å²) in [4.78, 5) is 2.21. The molecule has 1 nitrogen and oxygen atoms in total. The fourth-order valence-corrected chi connectivity index (χ4v) is 1.70. The van der Waals surface area contributed by atoms with Crippen LogP contribution in [-0.2, 0) is 6.42 Å². The molecule has 0 aliphatic carbocycles. The zero-order valence-corrected chi connectivity index (χ0v) is 9.71. The monoisotopic (exact) mass is 279 g/mol. The molecule has 0 aromatic heterocycles. The van der Waals surface area contributed by atoms with Crippen LogP contribution in [0.1, 0.15) is 5.56 Å². The Morgan fingerprint density at radius 2 is 1.92 bits per heavy atom. The minimum atomic E-state index is 1.13. The fraction of sp³-hybridized carbons (Fsp3) is 0.400. The van der Waals surface area contributed by atoms with Gasteiger partial charge < -0.3 is 4.90 Å². The van der Waals surface area contributed by atoms with Crippen molar-refractivity contribution in [2.75, 3.05) is 20.6 Å². The molecule has 12 heavy (non-hydrogen) atoms. The van der Waals surface area contributed by atoms with E-state index in [1.54, 1.807) is 0 Å². The molecule has 0 amide bonds. The van der Waals surface area contributed by atoms with Crippen molar-refractivity contribution in [1.82, 2.24) is 4.90 Å². The molecule has 66 valence electrons. The first kappa shape index (κ1) is 9.99. The lowest BCUT2D eigenvalue weighted by atomic mass is 10.1. The Kier molecular flexibility index (Phi) is 4.01. The van der Waals surface area contributed by atoms with E-state index in [-0.39, 0.29) is 0 Å². The van der Waals surface area contributed by atoms with Gasteiger partial charge in [0.25, 0.3) is 0 Å². The molecule has 0 radical (unpaired) electrons. The van der Waals surface area contributed by atoms with Gasteiger partial charge in [0.2, 0.25) is 0 Å². The number of halogens is 1. The van der Waals surface area contributed by atoms with Gasteiger partial charge in [-0.25, -0.2) is 0 Å². The lowest BCUT2D eigenvalue weighted by Crippen LogP contribution is -2.15. The summed E-state index contributed by atoms with van der Waals surface area (Å²) in [5.74, 6) is 0. The highest BCUT2D eigenvalue weighted by atomic mass is 131. The Morgan fingerprint density at radius 1 is 1.25 bits per heavy atom. The number of benzene rings is 1. The molecule has 1 aromatic rings. The molecule has 0 fully saturated rings. The van der Waals surface area contributed by atoms with Gasteiger partial charge in [0, 0.05) is 10.1 Å². The first-order valence-corrected chi connectivity index (χ1v) is 5.16. The second-order valence-electron chi connectivity index (χ2n) is 3.14. The van der Waals surface area contributed by atoms with Crippen LogP contribution in [0, 0.1) is 3.57 Å². The van der Waals surface area contributed by atoms with E-state index in [2.05, 4.69) is 65.9 Å². The smallest absolute Gasteiger partial charge is 0.0162 e. The Morgan fingerprint density at radius 3 is 2.50 bits per heavy atom. The van der Waals surface area contributed by atoms with Gasteiger partial charge in [0.1, 0.15) is 0 Å². The van der Waals surface area contributed by atoms with Gasteiger partial charge in [0.05, 0.1) is 0 Å². The highest BCUT2D eigenvalue weighted by Gasteiger charge is 1.97. The quantitative estimate of drug-likeness (QED) is 0.768. The van der Waals surface area contributed by atoms with Crippen molar-refractivity contribution in [2.45, 2.75) is 6.42 Å². The van der Waals surface area contributed by atoms with Gasteiger partial charge >= 0.3 is 0 Å². The zero-order chi connectivity index (χ0) is 8.97. The summed E-state index contributed by atoms with van der Waals surface area (Å²) in [6, 6.07) is 8.55. The van der Waals surface area contributed by atoms with Crippen molar-refractivity contribution < 1.29 is 0 Å². The third kappa shape index (κ3) is 3.11. The molecular weight excluding hydrogens is 265 g/mol. The van der Waals surface area contributed by atoms with Crippen LogP contribution in [0.5, 0.6) is 0 Å². The average Bonchev–Trinajstić information content (AvgIpc) is 2.03. The summed E-state index contributed by atoms with van der Waals surface area (Å²) in [7, 11) is 4.21. The molecule has 1 rings (SSSR count). The number of hydrogen-bond donors (Lipinski definition) is 0. The third-order valence-corrected chi connectivity index (χ3v) is 2.84. The summed E-state index contributed by atoms with van der Waals surface area (Å²) in [5.41, 5.74) is 1.45. The van der Waals surface area contributed by atoms with Crippen molar-refractivity contribution in [3.63, 3.8) is 0 Å². The van der Waals surface area contributed by atoms with Gasteiger partial charge in [-0.3, -0.25) is 0 Å². The highest BCUT2D eigenvalue weighted by Crippen LogP contribution is 2.11. The van der Waals surface area contributed by atoms with E-state index in [1.807, 2.05) is 0 Å². The third-order valence-electron chi connectivity index (χ3n) is 1.79. The van der Waals surface area contributed by atoms with Crippen molar-refractivity contribution in [1.29, 1.82) is 0 Å². The molecule has 0 saturated carbocycles. The van der Waals surface area contributed by atoms with Crippen molar-refractivity contribution in [2.24, 2.45) is 0 Å². The molecule has 0 atom stereocenters. The predicted molar refractivity (Wildman–Crippen MR) is 61.4 cm³/mol. The number of likely N-dealkylation sites (N-methyl/N-ethyl adjacent to an activating group) is 1. The van der Waals surface area contributed by atoms with Gasteiger partial charge in [-0.2, -0.15) is 0 Å². The van der Waals surface area contributed by atoms with Crippen LogP contribution in [0.3, 0.4) is 0 Å². The van der Waals surface area contributed by atoms with Crippen LogP contribution in [0.4, 0.5) is 0 Å². The molecule has 0 aliphatic heterocycles. The SMILES string of the molecule is CN(C)CCc1ccccc1[131I]. The molecule has 0 N–H and O–H groups in total. The minimum absolute atomic E-state index is 1.13. The second kappa shape index (κ2) is 4.82. The van der Waals surface area contributed by atoms with Crippen molar-refractivity contribution in [3.05, 3.63) is 33.4 Å². The maximum Gasteiger partial charge on any atom is 0.0162 e. The van der Waals surface area contributed by atoms with Crippen molar-refractivity contribution >= 4 is 22.6 Å². The molecule has 0 bridgehead atoms. The summed E-state index contributed by atoms with van der Waals surface area (Å²) in [6.07, 6.45) is 1.14. The first-order valence-electron chi connectivity index (χ1n) is 4.08. The van der Waals surface area contributed by atoms with Gasteiger partial charge in [-0.1, -0.05) is 18.2 Å². The maximum absolute atomic E-state index is 2.39. The molecule has 2 heteroatoms. The first-order chi connectivity index (χ1) is 5.70. The highest BCUT2D eigenvalue weighted by molar-refractivity contribution is 14.1. The van der Waals surface area contributed by atoms with E-state index >= 15 is 0 Å². The predicted octanol–water partition coefficient (Wildman–Crippen LogP) is 2.40. The van der Waals surface area contributed by atoms with E-state index in [4.69, 9.17) is 0 Å². The Labute approximate surface area is 87.9 Å². The number of nitrogens with zero attached hydrogens (tertiary/aromatic N) is 1. The van der Waals surface area contributed by atoms with E-state index in [9.17, 15) is 0 Å². The summed E-state index contributed by atoms with van der Waals surface area (Å²) < 4.78 is 1.37. The van der Waals surface area contributed by atoms with Crippen LogP contribution >= 0.6 is 22.6 Å². The van der Waals surface area contributed by atoms with E-state index in [0.29, 0.717) is 0 Å². The zero-order valence-electron chi connectivity index (χ0n) is 7.55. The van der Waals surface area contributed by atoms with Crippen LogP contribution in [0.2, 0.25) is 0 Å².